The summed E-state index contributed by atoms with van der Waals surface area (Å²) in [5.74, 6) is -1.77. The fourth-order valence-corrected chi connectivity index (χ4v) is 9.74. The molecule has 18 heteroatoms. The number of hydrogen-bond donors (Lipinski definition) is 4. The van der Waals surface area contributed by atoms with Gasteiger partial charge < -0.3 is 40.4 Å². The second kappa shape index (κ2) is 25.0. The number of para-hydroxylation sites is 1. The highest BCUT2D eigenvalue weighted by molar-refractivity contribution is 9.10. The largest absolute Gasteiger partial charge is 0.460 e. The van der Waals surface area contributed by atoms with Crippen LogP contribution in [0.5, 0.6) is 0 Å². The van der Waals surface area contributed by atoms with E-state index in [0.29, 0.717) is 53.6 Å². The Hall–Kier alpha value is -5.10. The van der Waals surface area contributed by atoms with E-state index >= 15 is 4.79 Å². The summed E-state index contributed by atoms with van der Waals surface area (Å²) < 4.78 is 18.9. The van der Waals surface area contributed by atoms with Crippen LogP contribution in [0.15, 0.2) is 81.1 Å². The van der Waals surface area contributed by atoms with E-state index < -0.39 is 64.8 Å². The van der Waals surface area contributed by atoms with Crippen molar-refractivity contribution >= 4 is 86.1 Å². The SMILES string of the molecule is CN1C(=O)[C@H](CCCCNC(=O)OC(C)(C)C)NC(=O)[C@H](CCCCC(=O)OC(C)(C)C)NCc2cc(Br)ccc2Sc2c(Cl)cccc2CNC(=O)[C@@H]1Cc1cn(C(=O)OC(C)(C)C)c2ccccc12. The monoisotopic (exact) mass is 1080 g/mol. The Bertz CT molecular complexity index is 2550. The number of unbranched alkanes of at least 4 members (excludes halogenated alkanes) is 2. The summed E-state index contributed by atoms with van der Waals surface area (Å²) in [6.45, 7) is 16.7. The lowest BCUT2D eigenvalue weighted by molar-refractivity contribution is -0.155. The average molecular weight is 1080 g/mol. The number of amides is 4. The number of nitrogens with zero attached hydrogens (tertiary/aromatic N) is 2. The van der Waals surface area contributed by atoms with Crippen LogP contribution in [0.2, 0.25) is 5.02 Å². The van der Waals surface area contributed by atoms with Crippen molar-refractivity contribution < 1.29 is 43.0 Å². The molecule has 2 heterocycles. The fraction of sp³-hybridized carbons (Fsp3) is 0.509. The molecular weight excluding hydrogens is 1010 g/mol. The number of carbonyl (C=O) groups is 6. The molecule has 3 aromatic carbocycles. The van der Waals surface area contributed by atoms with Crippen LogP contribution in [0.1, 0.15) is 124 Å². The predicted molar refractivity (Wildman–Crippen MR) is 280 cm³/mol. The lowest BCUT2D eigenvalue weighted by Crippen LogP contribution is -2.57. The summed E-state index contributed by atoms with van der Waals surface area (Å²) in [6.07, 6.45) is 2.94. The molecule has 1 aromatic heterocycles. The first kappa shape index (κ1) is 56.8. The Balaban J connectivity index is 1.56. The van der Waals surface area contributed by atoms with Gasteiger partial charge in [-0.1, -0.05) is 76.0 Å². The van der Waals surface area contributed by atoms with Crippen molar-refractivity contribution in [2.45, 2.75) is 171 Å². The molecular formula is C53H70BrClN6O9S. The van der Waals surface area contributed by atoms with Crippen molar-refractivity contribution in [3.63, 3.8) is 0 Å². The van der Waals surface area contributed by atoms with Crippen LogP contribution in [0.4, 0.5) is 9.59 Å². The number of nitrogens with one attached hydrogen (secondary N) is 4. The normalized spacial score (nSPS) is 17.6. The molecule has 0 aliphatic carbocycles. The van der Waals surface area contributed by atoms with Crippen molar-refractivity contribution in [1.82, 2.24) is 30.7 Å². The van der Waals surface area contributed by atoms with Gasteiger partial charge in [0, 0.05) is 65.4 Å². The molecule has 4 amide bonds. The number of esters is 1. The quantitative estimate of drug-likeness (QED) is 0.0601. The molecule has 0 saturated carbocycles. The molecule has 5 rings (SSSR count). The standard InChI is InChI=1S/C53H70BrClN6O9S/c1-51(2,3)68-44(62)24-14-12-21-39-46(63)59-40(22-15-16-27-56-49(66)69-52(4,5)6)48(65)60(10)42(29-35-32-61(50(67)70-53(7,8)9)41-23-13-11-19-37(35)41)47(64)58-30-33-18-17-20-38(55)45(33)71-43-26-25-36(54)28-34(43)31-57-39/h11,13,17-20,23,25-26,28,32,39-40,42,57H,12,14-16,21-22,24,27,29-31H2,1-10H3,(H,56,66)(H,58,64)(H,59,63)/t39-,40-,42-/m0/s1. The molecule has 15 nitrogen and oxygen atoms in total. The number of ether oxygens (including phenoxy) is 3. The fourth-order valence-electron chi connectivity index (χ4n) is 7.97. The van der Waals surface area contributed by atoms with Crippen LogP contribution >= 0.6 is 39.3 Å². The van der Waals surface area contributed by atoms with Crippen LogP contribution in [0.3, 0.4) is 0 Å². The van der Waals surface area contributed by atoms with Crippen LogP contribution in [-0.4, -0.2) is 93.9 Å². The Morgan fingerprint density at radius 3 is 2.17 bits per heavy atom. The summed E-state index contributed by atoms with van der Waals surface area (Å²) in [7, 11) is 1.54. The van der Waals surface area contributed by atoms with Crippen LogP contribution in [-0.2, 0) is 52.9 Å². The highest BCUT2D eigenvalue weighted by atomic mass is 79.9. The van der Waals surface area contributed by atoms with E-state index in [-0.39, 0.29) is 44.9 Å². The first-order valence-corrected chi connectivity index (χ1v) is 26.1. The third-order valence-electron chi connectivity index (χ3n) is 11.3. The molecule has 0 unspecified atom stereocenters. The van der Waals surface area contributed by atoms with Crippen molar-refractivity contribution in [2.75, 3.05) is 13.6 Å². The molecule has 4 aromatic rings. The summed E-state index contributed by atoms with van der Waals surface area (Å²) in [4.78, 5) is 86.3. The van der Waals surface area contributed by atoms with Gasteiger partial charge in [-0.3, -0.25) is 23.7 Å². The average Bonchev–Trinajstić information content (AvgIpc) is 3.64. The van der Waals surface area contributed by atoms with Gasteiger partial charge in [0.15, 0.2) is 0 Å². The minimum absolute atomic E-state index is 0.00784. The number of carbonyl (C=O) groups excluding carboxylic acids is 6. The molecule has 0 saturated heterocycles. The van der Waals surface area contributed by atoms with E-state index in [1.54, 1.807) is 73.0 Å². The van der Waals surface area contributed by atoms with Crippen molar-refractivity contribution in [1.29, 1.82) is 0 Å². The first-order chi connectivity index (χ1) is 33.3. The predicted octanol–water partition coefficient (Wildman–Crippen LogP) is 10.2. The summed E-state index contributed by atoms with van der Waals surface area (Å²) >= 11 is 12.0. The minimum atomic E-state index is -1.14. The van der Waals surface area contributed by atoms with Gasteiger partial charge in [-0.05, 0) is 141 Å². The van der Waals surface area contributed by atoms with Gasteiger partial charge in [0.1, 0.15) is 28.9 Å². The zero-order valence-electron chi connectivity index (χ0n) is 42.6. The second-order valence-electron chi connectivity index (χ2n) is 20.7. The molecule has 3 atom stereocenters. The van der Waals surface area contributed by atoms with E-state index in [9.17, 15) is 24.0 Å². The van der Waals surface area contributed by atoms with E-state index in [1.807, 2.05) is 63.2 Å². The number of alkyl carbamates (subject to hydrolysis) is 1. The Morgan fingerprint density at radius 1 is 0.789 bits per heavy atom. The number of benzene rings is 3. The second-order valence-corrected chi connectivity index (χ2v) is 23.1. The lowest BCUT2D eigenvalue weighted by Gasteiger charge is -2.32. The number of rotatable bonds is 12. The smallest absolute Gasteiger partial charge is 0.419 e. The molecule has 71 heavy (non-hydrogen) atoms. The van der Waals surface area contributed by atoms with Gasteiger partial charge in [-0.15, -0.1) is 0 Å². The maximum Gasteiger partial charge on any atom is 0.419 e. The Kier molecular flexibility index (Phi) is 20.0. The first-order valence-electron chi connectivity index (χ1n) is 24.1. The molecule has 0 bridgehead atoms. The number of hydrogen-bond acceptors (Lipinski definition) is 11. The highest BCUT2D eigenvalue weighted by Gasteiger charge is 2.35. The molecule has 0 spiro atoms. The molecule has 0 radical (unpaired) electrons. The third-order valence-corrected chi connectivity index (χ3v) is 13.5. The summed E-state index contributed by atoms with van der Waals surface area (Å²) in [6, 6.07) is 15.6. The number of aromatic nitrogens is 1. The summed E-state index contributed by atoms with van der Waals surface area (Å²) in [5, 5.41) is 13.5. The molecule has 1 aliphatic heterocycles. The maximum atomic E-state index is 15.1. The van der Waals surface area contributed by atoms with Crippen LogP contribution in [0, 0.1) is 0 Å². The number of likely N-dealkylation sites (N-methyl/N-ethyl adjacent to an activating group) is 1. The lowest BCUT2D eigenvalue weighted by atomic mass is 10.0. The molecule has 386 valence electrons. The number of fused-ring (bicyclic) bond motifs is 3. The van der Waals surface area contributed by atoms with Crippen LogP contribution in [0.25, 0.3) is 10.9 Å². The zero-order chi connectivity index (χ0) is 52.3. The third kappa shape index (κ3) is 17.6. The van der Waals surface area contributed by atoms with Gasteiger partial charge in [-0.2, -0.15) is 0 Å². The van der Waals surface area contributed by atoms with Gasteiger partial charge >= 0.3 is 18.2 Å². The highest BCUT2D eigenvalue weighted by Crippen LogP contribution is 2.39. The van der Waals surface area contributed by atoms with Gasteiger partial charge in [-0.25, -0.2) is 9.59 Å². The zero-order valence-corrected chi connectivity index (χ0v) is 45.8. The van der Waals surface area contributed by atoms with Crippen molar-refractivity contribution in [3.8, 4) is 0 Å². The van der Waals surface area contributed by atoms with E-state index in [2.05, 4.69) is 37.2 Å². The van der Waals surface area contributed by atoms with Gasteiger partial charge in [0.25, 0.3) is 0 Å². The summed E-state index contributed by atoms with van der Waals surface area (Å²) in [5.41, 5.74) is 0.689. The topological polar surface area (TPSA) is 186 Å². The molecule has 0 fully saturated rings. The van der Waals surface area contributed by atoms with Gasteiger partial charge in [0.2, 0.25) is 17.7 Å². The molecule has 1 aliphatic rings. The minimum Gasteiger partial charge on any atom is -0.460 e. The van der Waals surface area contributed by atoms with Crippen molar-refractivity contribution in [2.24, 2.45) is 0 Å². The van der Waals surface area contributed by atoms with Crippen molar-refractivity contribution in [3.05, 3.63) is 93.0 Å². The van der Waals surface area contributed by atoms with Gasteiger partial charge in [0.05, 0.1) is 16.6 Å². The van der Waals surface area contributed by atoms with E-state index in [1.165, 1.54) is 21.2 Å². The maximum absolute atomic E-state index is 15.1. The van der Waals surface area contributed by atoms with E-state index in [4.69, 9.17) is 25.8 Å². The Morgan fingerprint density at radius 2 is 1.46 bits per heavy atom. The molecule has 4 N–H and O–H groups in total. The Labute approximate surface area is 435 Å². The number of halogens is 2. The van der Waals surface area contributed by atoms with E-state index in [0.717, 1.165) is 25.4 Å². The van der Waals surface area contributed by atoms with Crippen LogP contribution < -0.4 is 21.3 Å².